The number of nitrogens with one attached hydrogen (secondary N) is 1. The SMILES string of the molecule is COc1ccc(OCCCCn2c(CCCCCNC(=O)CCc3ccccc3)nc3ccccc32)cc1. The van der Waals surface area contributed by atoms with E-state index in [1.807, 2.05) is 48.5 Å². The summed E-state index contributed by atoms with van der Waals surface area (Å²) < 4.78 is 13.5. The minimum atomic E-state index is 0.131. The van der Waals surface area contributed by atoms with Gasteiger partial charge in [0.05, 0.1) is 24.8 Å². The van der Waals surface area contributed by atoms with Gasteiger partial charge >= 0.3 is 0 Å². The standard InChI is InChI=1S/C32H39N3O3/c1-37-27-18-20-28(21-19-27)38-25-11-10-24-35-30-15-8-7-14-29(30)34-31(35)16-6-3-9-23-33-32(36)22-17-26-12-4-2-5-13-26/h2,4-5,7-8,12-15,18-21H,3,6,9-11,16-17,22-25H2,1H3,(H,33,36). The number of aryl methyl sites for hydroxylation is 3. The van der Waals surface area contributed by atoms with Crippen molar-refractivity contribution in [2.24, 2.45) is 0 Å². The first-order chi connectivity index (χ1) is 18.7. The van der Waals surface area contributed by atoms with Gasteiger partial charge in [0.25, 0.3) is 0 Å². The number of unbranched alkanes of at least 4 members (excludes halogenated alkanes) is 3. The molecule has 0 saturated heterocycles. The van der Waals surface area contributed by atoms with Crippen LogP contribution in [-0.2, 0) is 24.2 Å². The van der Waals surface area contributed by atoms with E-state index in [4.69, 9.17) is 14.5 Å². The average Bonchev–Trinajstić information content (AvgIpc) is 3.31. The predicted octanol–water partition coefficient (Wildman–Crippen LogP) is 6.37. The Hall–Kier alpha value is -3.80. The molecule has 0 aliphatic carbocycles. The van der Waals surface area contributed by atoms with Gasteiger partial charge in [0, 0.05) is 25.9 Å². The number of hydrogen-bond donors (Lipinski definition) is 1. The van der Waals surface area contributed by atoms with Crippen LogP contribution in [0.2, 0.25) is 0 Å². The molecule has 4 aromatic rings. The molecule has 0 saturated carbocycles. The van der Waals surface area contributed by atoms with E-state index in [0.29, 0.717) is 13.0 Å². The van der Waals surface area contributed by atoms with Crippen molar-refractivity contribution in [1.82, 2.24) is 14.9 Å². The van der Waals surface area contributed by atoms with Crippen LogP contribution in [0.5, 0.6) is 11.5 Å². The molecule has 200 valence electrons. The van der Waals surface area contributed by atoms with Gasteiger partial charge in [-0.25, -0.2) is 4.98 Å². The number of amides is 1. The Labute approximate surface area is 226 Å². The Kier molecular flexibility index (Phi) is 10.6. The Morgan fingerprint density at radius 2 is 1.58 bits per heavy atom. The van der Waals surface area contributed by atoms with Gasteiger partial charge in [0.1, 0.15) is 17.3 Å². The van der Waals surface area contributed by atoms with Crippen molar-refractivity contribution in [2.45, 2.75) is 57.9 Å². The van der Waals surface area contributed by atoms with Crippen molar-refractivity contribution in [1.29, 1.82) is 0 Å². The van der Waals surface area contributed by atoms with Crippen molar-refractivity contribution >= 4 is 16.9 Å². The number of para-hydroxylation sites is 2. The Balaban J connectivity index is 1.16. The fourth-order valence-corrected chi connectivity index (χ4v) is 4.60. The zero-order chi connectivity index (χ0) is 26.4. The highest BCUT2D eigenvalue weighted by Crippen LogP contribution is 2.20. The minimum absolute atomic E-state index is 0.131. The fraction of sp³-hybridized carbons (Fsp3) is 0.375. The molecule has 0 fully saturated rings. The van der Waals surface area contributed by atoms with E-state index in [1.54, 1.807) is 7.11 Å². The summed E-state index contributed by atoms with van der Waals surface area (Å²) in [6, 6.07) is 26.3. The van der Waals surface area contributed by atoms with Crippen LogP contribution in [0.25, 0.3) is 11.0 Å². The number of hydrogen-bond acceptors (Lipinski definition) is 4. The van der Waals surface area contributed by atoms with E-state index in [-0.39, 0.29) is 5.91 Å². The first-order valence-corrected chi connectivity index (χ1v) is 13.7. The number of ether oxygens (including phenoxy) is 2. The summed E-state index contributed by atoms with van der Waals surface area (Å²) in [5, 5.41) is 3.06. The molecule has 1 N–H and O–H groups in total. The van der Waals surface area contributed by atoms with E-state index in [1.165, 1.54) is 11.1 Å². The van der Waals surface area contributed by atoms with Gasteiger partial charge in [-0.1, -0.05) is 48.9 Å². The molecule has 3 aromatic carbocycles. The van der Waals surface area contributed by atoms with Gasteiger partial charge < -0.3 is 19.4 Å². The summed E-state index contributed by atoms with van der Waals surface area (Å²) in [5.41, 5.74) is 3.46. The van der Waals surface area contributed by atoms with E-state index in [9.17, 15) is 4.79 Å². The zero-order valence-corrected chi connectivity index (χ0v) is 22.4. The summed E-state index contributed by atoms with van der Waals surface area (Å²) in [6.45, 7) is 2.35. The van der Waals surface area contributed by atoms with Crippen molar-refractivity contribution in [2.75, 3.05) is 20.3 Å². The minimum Gasteiger partial charge on any atom is -0.497 e. The first kappa shape index (κ1) is 27.2. The average molecular weight is 514 g/mol. The molecule has 1 aromatic heterocycles. The van der Waals surface area contributed by atoms with E-state index in [2.05, 4.69) is 40.2 Å². The molecule has 1 amide bonds. The predicted molar refractivity (Wildman–Crippen MR) is 153 cm³/mol. The van der Waals surface area contributed by atoms with Crippen LogP contribution in [0.3, 0.4) is 0 Å². The van der Waals surface area contributed by atoms with Crippen LogP contribution in [0, 0.1) is 0 Å². The maximum Gasteiger partial charge on any atom is 0.220 e. The number of nitrogens with zero attached hydrogens (tertiary/aromatic N) is 2. The summed E-state index contributed by atoms with van der Waals surface area (Å²) in [4.78, 5) is 17.1. The van der Waals surface area contributed by atoms with Crippen LogP contribution in [0.15, 0.2) is 78.9 Å². The lowest BCUT2D eigenvalue weighted by Crippen LogP contribution is -2.24. The van der Waals surface area contributed by atoms with Gasteiger partial charge in [-0.05, 0) is 74.1 Å². The van der Waals surface area contributed by atoms with Gasteiger partial charge in [-0.2, -0.15) is 0 Å². The molecule has 0 radical (unpaired) electrons. The molecular formula is C32H39N3O3. The van der Waals surface area contributed by atoms with Crippen molar-refractivity contribution < 1.29 is 14.3 Å². The lowest BCUT2D eigenvalue weighted by Gasteiger charge is -2.11. The third-order valence-electron chi connectivity index (χ3n) is 6.72. The highest BCUT2D eigenvalue weighted by molar-refractivity contribution is 5.76. The normalized spacial score (nSPS) is 11.0. The van der Waals surface area contributed by atoms with Gasteiger partial charge in [-0.15, -0.1) is 0 Å². The third-order valence-corrected chi connectivity index (χ3v) is 6.72. The van der Waals surface area contributed by atoms with Crippen molar-refractivity contribution in [3.8, 4) is 11.5 Å². The van der Waals surface area contributed by atoms with Crippen LogP contribution in [-0.4, -0.2) is 35.7 Å². The van der Waals surface area contributed by atoms with E-state index < -0.39 is 0 Å². The summed E-state index contributed by atoms with van der Waals surface area (Å²) in [5.74, 6) is 2.98. The molecular weight excluding hydrogens is 474 g/mol. The highest BCUT2D eigenvalue weighted by Gasteiger charge is 2.10. The Morgan fingerprint density at radius 3 is 2.39 bits per heavy atom. The second-order valence-electron chi connectivity index (χ2n) is 9.55. The molecule has 6 nitrogen and oxygen atoms in total. The molecule has 4 rings (SSSR count). The van der Waals surface area contributed by atoms with Gasteiger partial charge in [0.15, 0.2) is 0 Å². The Bertz CT molecular complexity index is 1250. The monoisotopic (exact) mass is 513 g/mol. The van der Waals surface area contributed by atoms with E-state index in [0.717, 1.165) is 80.9 Å². The summed E-state index contributed by atoms with van der Waals surface area (Å²) in [7, 11) is 1.67. The van der Waals surface area contributed by atoms with Crippen molar-refractivity contribution in [3.63, 3.8) is 0 Å². The van der Waals surface area contributed by atoms with Crippen molar-refractivity contribution in [3.05, 3.63) is 90.3 Å². The number of benzene rings is 3. The van der Waals surface area contributed by atoms with Crippen LogP contribution < -0.4 is 14.8 Å². The van der Waals surface area contributed by atoms with Gasteiger partial charge in [-0.3, -0.25) is 4.79 Å². The van der Waals surface area contributed by atoms with Crippen LogP contribution >= 0.6 is 0 Å². The highest BCUT2D eigenvalue weighted by atomic mass is 16.5. The third kappa shape index (κ3) is 8.37. The second kappa shape index (κ2) is 14.8. The molecule has 6 heteroatoms. The molecule has 0 aliphatic rings. The van der Waals surface area contributed by atoms with Crippen LogP contribution in [0.1, 0.15) is 49.9 Å². The number of fused-ring (bicyclic) bond motifs is 1. The zero-order valence-electron chi connectivity index (χ0n) is 22.4. The molecule has 0 bridgehead atoms. The number of carbonyl (C=O) groups is 1. The Morgan fingerprint density at radius 1 is 0.816 bits per heavy atom. The maximum atomic E-state index is 12.1. The van der Waals surface area contributed by atoms with E-state index >= 15 is 0 Å². The van der Waals surface area contributed by atoms with Gasteiger partial charge in [0.2, 0.25) is 5.91 Å². The summed E-state index contributed by atoms with van der Waals surface area (Å²) in [6.07, 6.45) is 7.39. The smallest absolute Gasteiger partial charge is 0.220 e. The maximum absolute atomic E-state index is 12.1. The number of rotatable bonds is 16. The molecule has 0 atom stereocenters. The number of methoxy groups -OCH3 is 1. The molecule has 38 heavy (non-hydrogen) atoms. The molecule has 0 aliphatic heterocycles. The number of aromatic nitrogens is 2. The quantitative estimate of drug-likeness (QED) is 0.177. The molecule has 0 spiro atoms. The molecule has 0 unspecified atom stereocenters. The second-order valence-corrected chi connectivity index (χ2v) is 9.55. The largest absolute Gasteiger partial charge is 0.497 e. The number of imidazole rings is 1. The number of carbonyl (C=O) groups excluding carboxylic acids is 1. The first-order valence-electron chi connectivity index (χ1n) is 13.7. The lowest BCUT2D eigenvalue weighted by molar-refractivity contribution is -0.121. The topological polar surface area (TPSA) is 65.4 Å². The lowest BCUT2D eigenvalue weighted by atomic mass is 10.1. The fourth-order valence-electron chi connectivity index (χ4n) is 4.60. The molecule has 1 heterocycles. The summed E-state index contributed by atoms with van der Waals surface area (Å²) >= 11 is 0. The van der Waals surface area contributed by atoms with Crippen LogP contribution in [0.4, 0.5) is 0 Å².